The highest BCUT2D eigenvalue weighted by Gasteiger charge is 2.35. The second-order valence-corrected chi connectivity index (χ2v) is 5.13. The second kappa shape index (κ2) is 6.91. The number of nitrogens with zero attached hydrogens (tertiary/aromatic N) is 1. The highest BCUT2D eigenvalue weighted by atomic mass is 16.5. The molecule has 2 heteroatoms. The summed E-state index contributed by atoms with van der Waals surface area (Å²) < 4.78 is 5.53. The van der Waals surface area contributed by atoms with Crippen molar-refractivity contribution in [1.29, 1.82) is 5.26 Å². The van der Waals surface area contributed by atoms with E-state index in [1.807, 2.05) is 0 Å². The van der Waals surface area contributed by atoms with Gasteiger partial charge in [0.2, 0.25) is 0 Å². The molecule has 0 N–H and O–H groups in total. The molecule has 2 nitrogen and oxygen atoms in total. The molecule has 1 saturated carbocycles. The van der Waals surface area contributed by atoms with Crippen LogP contribution in [0.15, 0.2) is 0 Å². The number of ether oxygens (including phenoxy) is 1. The lowest BCUT2D eigenvalue weighted by molar-refractivity contribution is 0.0856. The van der Waals surface area contributed by atoms with Gasteiger partial charge in [-0.3, -0.25) is 0 Å². The van der Waals surface area contributed by atoms with Gasteiger partial charge in [0.05, 0.1) is 11.5 Å². The predicted octanol–water partition coefficient (Wildman–Crippen LogP) is 3.91. The fourth-order valence-electron chi connectivity index (χ4n) is 2.73. The zero-order valence-electron chi connectivity index (χ0n) is 10.8. The average Bonchev–Trinajstić information content (AvgIpc) is 2.35. The van der Waals surface area contributed by atoms with E-state index in [-0.39, 0.29) is 5.41 Å². The minimum atomic E-state index is -0.0767. The third-order valence-electron chi connectivity index (χ3n) is 3.84. The molecule has 0 bridgehead atoms. The number of hydrogen-bond donors (Lipinski definition) is 0. The van der Waals surface area contributed by atoms with Crippen LogP contribution in [0.4, 0.5) is 0 Å². The van der Waals surface area contributed by atoms with Crippen molar-refractivity contribution in [3.8, 4) is 6.07 Å². The van der Waals surface area contributed by atoms with Crippen molar-refractivity contribution in [3.05, 3.63) is 0 Å². The molecule has 1 rings (SSSR count). The van der Waals surface area contributed by atoms with Gasteiger partial charge in [0.1, 0.15) is 0 Å². The van der Waals surface area contributed by atoms with Crippen molar-refractivity contribution in [1.82, 2.24) is 0 Å². The first-order chi connectivity index (χ1) is 7.76. The summed E-state index contributed by atoms with van der Waals surface area (Å²) in [6, 6.07) is 2.58. The van der Waals surface area contributed by atoms with E-state index in [4.69, 9.17) is 4.74 Å². The van der Waals surface area contributed by atoms with Crippen molar-refractivity contribution in [2.45, 2.75) is 58.8 Å². The summed E-state index contributed by atoms with van der Waals surface area (Å²) in [4.78, 5) is 0. The lowest BCUT2D eigenvalue weighted by Gasteiger charge is -2.35. The van der Waals surface area contributed by atoms with Crippen LogP contribution in [-0.4, -0.2) is 13.2 Å². The summed E-state index contributed by atoms with van der Waals surface area (Å²) >= 11 is 0. The maximum absolute atomic E-state index is 9.41. The maximum Gasteiger partial charge on any atom is 0.0690 e. The summed E-state index contributed by atoms with van der Waals surface area (Å²) in [5, 5.41) is 9.41. The van der Waals surface area contributed by atoms with Gasteiger partial charge in [0, 0.05) is 13.2 Å². The summed E-state index contributed by atoms with van der Waals surface area (Å²) in [5.74, 6) is 0.763. The molecule has 0 aliphatic heterocycles. The summed E-state index contributed by atoms with van der Waals surface area (Å²) in [6.07, 6.45) is 7.93. The Bertz CT molecular complexity index is 233. The van der Waals surface area contributed by atoms with Crippen molar-refractivity contribution in [2.24, 2.45) is 11.3 Å². The van der Waals surface area contributed by atoms with Crippen molar-refractivity contribution < 1.29 is 4.74 Å². The smallest absolute Gasteiger partial charge is 0.0690 e. The van der Waals surface area contributed by atoms with Gasteiger partial charge in [-0.2, -0.15) is 5.26 Å². The van der Waals surface area contributed by atoms with E-state index in [0.717, 1.165) is 44.8 Å². The Kier molecular flexibility index (Phi) is 5.84. The monoisotopic (exact) mass is 223 g/mol. The van der Waals surface area contributed by atoms with Gasteiger partial charge < -0.3 is 4.74 Å². The number of nitriles is 1. The van der Waals surface area contributed by atoms with Crippen molar-refractivity contribution in [3.63, 3.8) is 0 Å². The Balaban J connectivity index is 2.40. The Hall–Kier alpha value is -0.550. The van der Waals surface area contributed by atoms with Crippen molar-refractivity contribution in [2.75, 3.05) is 13.2 Å². The highest BCUT2D eigenvalue weighted by molar-refractivity contribution is 5.01. The van der Waals surface area contributed by atoms with Gasteiger partial charge in [-0.05, 0) is 31.6 Å². The molecule has 0 heterocycles. The van der Waals surface area contributed by atoms with E-state index in [1.165, 1.54) is 19.3 Å². The molecule has 1 fully saturated rings. The quantitative estimate of drug-likeness (QED) is 0.639. The van der Waals surface area contributed by atoms with Gasteiger partial charge in [0.15, 0.2) is 0 Å². The Morgan fingerprint density at radius 3 is 2.81 bits per heavy atom. The fraction of sp³-hybridized carbons (Fsp3) is 0.929. The molecular formula is C14H25NO. The standard InChI is InChI=1S/C14H25NO/c1-3-9-16-10-8-14(12-15)7-5-6-13(4-2)11-14/h13H,3-11H2,1-2H3. The molecule has 1 aliphatic rings. The predicted molar refractivity (Wildman–Crippen MR) is 66.0 cm³/mol. The first kappa shape index (κ1) is 13.5. The summed E-state index contributed by atoms with van der Waals surface area (Å²) in [7, 11) is 0. The molecule has 0 amide bonds. The lowest BCUT2D eigenvalue weighted by Crippen LogP contribution is -2.28. The van der Waals surface area contributed by atoms with Crippen LogP contribution in [0.25, 0.3) is 0 Å². The largest absolute Gasteiger partial charge is 0.381 e. The number of hydrogen-bond acceptors (Lipinski definition) is 2. The molecule has 0 spiro atoms. The highest BCUT2D eigenvalue weighted by Crippen LogP contribution is 2.42. The molecule has 2 unspecified atom stereocenters. The van der Waals surface area contributed by atoms with E-state index in [9.17, 15) is 5.26 Å². The van der Waals surface area contributed by atoms with Crippen LogP contribution >= 0.6 is 0 Å². The average molecular weight is 223 g/mol. The zero-order valence-corrected chi connectivity index (χ0v) is 10.8. The molecule has 0 aromatic rings. The minimum Gasteiger partial charge on any atom is -0.381 e. The van der Waals surface area contributed by atoms with Gasteiger partial charge in [-0.15, -0.1) is 0 Å². The minimum absolute atomic E-state index is 0.0767. The topological polar surface area (TPSA) is 33.0 Å². The third kappa shape index (κ3) is 3.79. The van der Waals surface area contributed by atoms with Crippen LogP contribution in [0.2, 0.25) is 0 Å². The fourth-order valence-corrected chi connectivity index (χ4v) is 2.73. The van der Waals surface area contributed by atoms with Gasteiger partial charge in [0.25, 0.3) is 0 Å². The van der Waals surface area contributed by atoms with Crippen LogP contribution in [0, 0.1) is 22.7 Å². The molecule has 16 heavy (non-hydrogen) atoms. The van der Waals surface area contributed by atoms with E-state index in [1.54, 1.807) is 0 Å². The lowest BCUT2D eigenvalue weighted by atomic mass is 9.68. The van der Waals surface area contributed by atoms with Gasteiger partial charge in [-0.1, -0.05) is 33.1 Å². The third-order valence-corrected chi connectivity index (χ3v) is 3.84. The first-order valence-electron chi connectivity index (χ1n) is 6.75. The Morgan fingerprint density at radius 1 is 1.38 bits per heavy atom. The van der Waals surface area contributed by atoms with E-state index < -0.39 is 0 Å². The molecule has 0 aromatic carbocycles. The molecule has 0 saturated heterocycles. The first-order valence-corrected chi connectivity index (χ1v) is 6.75. The van der Waals surface area contributed by atoms with E-state index in [2.05, 4.69) is 19.9 Å². The summed E-state index contributed by atoms with van der Waals surface area (Å²) in [5.41, 5.74) is -0.0767. The van der Waals surface area contributed by atoms with Crippen LogP contribution < -0.4 is 0 Å². The maximum atomic E-state index is 9.41. The zero-order chi connectivity index (χ0) is 11.9. The Morgan fingerprint density at radius 2 is 2.19 bits per heavy atom. The van der Waals surface area contributed by atoms with Gasteiger partial charge in [-0.25, -0.2) is 0 Å². The molecular weight excluding hydrogens is 198 g/mol. The van der Waals surface area contributed by atoms with E-state index >= 15 is 0 Å². The molecule has 92 valence electrons. The van der Waals surface area contributed by atoms with Crippen LogP contribution in [-0.2, 0) is 4.74 Å². The number of rotatable bonds is 6. The van der Waals surface area contributed by atoms with Gasteiger partial charge >= 0.3 is 0 Å². The molecule has 0 radical (unpaired) electrons. The van der Waals surface area contributed by atoms with Crippen LogP contribution in [0.1, 0.15) is 58.8 Å². The van der Waals surface area contributed by atoms with Crippen LogP contribution in [0.5, 0.6) is 0 Å². The van der Waals surface area contributed by atoms with Crippen molar-refractivity contribution >= 4 is 0 Å². The van der Waals surface area contributed by atoms with E-state index in [0.29, 0.717) is 0 Å². The molecule has 0 aromatic heterocycles. The Labute approximate surface area is 100.0 Å². The molecule has 1 aliphatic carbocycles. The molecule has 2 atom stereocenters. The normalized spacial score (nSPS) is 29.9. The SMILES string of the molecule is CCCOCCC1(C#N)CCCC(CC)C1. The summed E-state index contributed by atoms with van der Waals surface area (Å²) in [6.45, 7) is 5.95. The second-order valence-electron chi connectivity index (χ2n) is 5.13. The van der Waals surface area contributed by atoms with Crippen LogP contribution in [0.3, 0.4) is 0 Å².